The minimum absolute atomic E-state index is 0.0134. The Kier molecular flexibility index (Phi) is 4.14. The highest BCUT2D eigenvalue weighted by Crippen LogP contribution is 2.38. The quantitative estimate of drug-likeness (QED) is 0.824. The molecule has 4 nitrogen and oxygen atoms in total. The third-order valence-electron chi connectivity index (χ3n) is 3.96. The number of pyridine rings is 1. The first-order chi connectivity index (χ1) is 9.69. The molecule has 2 aliphatic rings. The Bertz CT molecular complexity index is 552. The number of hydrogen-bond acceptors (Lipinski definition) is 4. The van der Waals surface area contributed by atoms with Gasteiger partial charge in [-0.05, 0) is 37.1 Å². The molecule has 6 heteroatoms. The number of rotatable bonds is 2. The van der Waals surface area contributed by atoms with Crippen LogP contribution in [0.4, 0.5) is 0 Å². The molecule has 0 aliphatic carbocycles. The lowest BCUT2D eigenvalue weighted by Gasteiger charge is -2.38. The molecule has 1 aromatic rings. The molecule has 108 valence electrons. The van der Waals surface area contributed by atoms with Crippen molar-refractivity contribution >= 4 is 29.9 Å². The molecule has 1 aromatic heterocycles. The van der Waals surface area contributed by atoms with E-state index in [9.17, 15) is 4.79 Å². The normalized spacial score (nSPS) is 29.5. The summed E-state index contributed by atoms with van der Waals surface area (Å²) in [5.41, 5.74) is 0.532. The number of hydrogen-bond donors (Lipinski definition) is 2. The Morgan fingerprint density at radius 3 is 3.25 bits per heavy atom. The van der Waals surface area contributed by atoms with E-state index in [1.165, 1.54) is 0 Å². The van der Waals surface area contributed by atoms with E-state index in [2.05, 4.69) is 10.3 Å². The number of aromatic nitrogens is 1. The van der Waals surface area contributed by atoms with Crippen molar-refractivity contribution in [3.8, 4) is 0 Å². The van der Waals surface area contributed by atoms with Crippen LogP contribution in [0.15, 0.2) is 18.3 Å². The van der Waals surface area contributed by atoms with Gasteiger partial charge in [0.2, 0.25) is 0 Å². The first-order valence-corrected chi connectivity index (χ1v) is 8.45. The number of amides is 1. The summed E-state index contributed by atoms with van der Waals surface area (Å²) in [6, 6.07) is 3.74. The summed E-state index contributed by atoms with van der Waals surface area (Å²) in [6.45, 7) is 0.729. The lowest BCUT2D eigenvalue weighted by molar-refractivity contribution is -0.0688. The van der Waals surface area contributed by atoms with Crippen LogP contribution in [-0.2, 0) is 4.74 Å². The number of H-pyrrole nitrogens is 1. The van der Waals surface area contributed by atoms with Crippen molar-refractivity contribution in [3.05, 3.63) is 28.5 Å². The minimum atomic E-state index is -0.0837. The number of aromatic amines is 1. The number of carbonyl (C=O) groups excluding carboxylic acids is 1. The van der Waals surface area contributed by atoms with Gasteiger partial charge in [-0.25, -0.2) is 0 Å². The molecule has 1 amide bonds. The molecule has 3 rings (SSSR count). The van der Waals surface area contributed by atoms with Crippen molar-refractivity contribution in [3.63, 3.8) is 0 Å². The summed E-state index contributed by atoms with van der Waals surface area (Å²) in [5, 5.41) is 3.11. The number of ether oxygens (including phenoxy) is 1. The van der Waals surface area contributed by atoms with Crippen molar-refractivity contribution in [2.45, 2.75) is 30.9 Å². The van der Waals surface area contributed by atoms with Gasteiger partial charge in [0.05, 0.1) is 11.2 Å². The zero-order valence-electron chi connectivity index (χ0n) is 11.2. The predicted molar refractivity (Wildman–Crippen MR) is 82.7 cm³/mol. The Hall–Kier alpha value is -0.850. The number of carbonyl (C=O) groups is 1. The van der Waals surface area contributed by atoms with Crippen LogP contribution < -0.4 is 5.32 Å². The van der Waals surface area contributed by atoms with Gasteiger partial charge in [-0.1, -0.05) is 12.2 Å². The van der Waals surface area contributed by atoms with E-state index in [1.807, 2.05) is 11.8 Å². The zero-order chi connectivity index (χ0) is 14.0. The van der Waals surface area contributed by atoms with Gasteiger partial charge >= 0.3 is 0 Å². The van der Waals surface area contributed by atoms with E-state index in [-0.39, 0.29) is 17.6 Å². The van der Waals surface area contributed by atoms with Crippen LogP contribution in [0.2, 0.25) is 0 Å². The molecule has 2 atom stereocenters. The molecule has 0 unspecified atom stereocenters. The third-order valence-corrected chi connectivity index (χ3v) is 5.52. The topological polar surface area (TPSA) is 54.1 Å². The van der Waals surface area contributed by atoms with Crippen molar-refractivity contribution < 1.29 is 9.53 Å². The van der Waals surface area contributed by atoms with E-state index >= 15 is 0 Å². The monoisotopic (exact) mass is 310 g/mol. The van der Waals surface area contributed by atoms with Crippen molar-refractivity contribution in [1.82, 2.24) is 10.3 Å². The Morgan fingerprint density at radius 2 is 2.50 bits per heavy atom. The fourth-order valence-corrected chi connectivity index (χ4v) is 4.48. The standard InChI is InChI=1S/C14H18N2O2S2/c17-12(11-2-1-5-15-13(11)19)16-10-3-6-18-14(8-10)4-7-20-9-14/h1-2,5,10H,3-4,6-9H2,(H,15,19)(H,16,17)/t10-,14+/m0/s1. The average molecular weight is 310 g/mol. The second kappa shape index (κ2) is 5.87. The van der Waals surface area contributed by atoms with Gasteiger partial charge < -0.3 is 15.0 Å². The van der Waals surface area contributed by atoms with Crippen LogP contribution in [0.3, 0.4) is 0 Å². The second-order valence-corrected chi connectivity index (χ2v) is 6.92. The van der Waals surface area contributed by atoms with E-state index in [0.717, 1.165) is 37.4 Å². The lowest BCUT2D eigenvalue weighted by Crippen LogP contribution is -2.48. The first kappa shape index (κ1) is 14.1. The summed E-state index contributed by atoms with van der Waals surface area (Å²) < 4.78 is 6.46. The SMILES string of the molecule is O=C(N[C@H]1CCO[C@]2(CCSC2)C1)c1ccc[nH]c1=S. The molecule has 2 aliphatic heterocycles. The fourth-order valence-electron chi connectivity index (χ4n) is 2.88. The van der Waals surface area contributed by atoms with E-state index < -0.39 is 0 Å². The van der Waals surface area contributed by atoms with Crippen LogP contribution in [0.1, 0.15) is 29.6 Å². The van der Waals surface area contributed by atoms with Gasteiger partial charge in [0.25, 0.3) is 5.91 Å². The maximum atomic E-state index is 12.3. The highest BCUT2D eigenvalue weighted by Gasteiger charge is 2.40. The van der Waals surface area contributed by atoms with Gasteiger partial charge in [-0.2, -0.15) is 11.8 Å². The van der Waals surface area contributed by atoms with Crippen LogP contribution in [0.25, 0.3) is 0 Å². The Balaban J connectivity index is 1.67. The molecular formula is C14H18N2O2S2. The largest absolute Gasteiger partial charge is 0.374 e. The summed E-state index contributed by atoms with van der Waals surface area (Å²) in [6.07, 6.45) is 4.62. The van der Waals surface area contributed by atoms with E-state index in [4.69, 9.17) is 17.0 Å². The molecule has 2 saturated heterocycles. The van der Waals surface area contributed by atoms with Gasteiger partial charge in [0.1, 0.15) is 4.64 Å². The van der Waals surface area contributed by atoms with Gasteiger partial charge in [-0.3, -0.25) is 4.79 Å². The molecule has 2 N–H and O–H groups in total. The molecule has 0 aromatic carbocycles. The molecule has 2 fully saturated rings. The molecule has 20 heavy (non-hydrogen) atoms. The van der Waals surface area contributed by atoms with E-state index in [0.29, 0.717) is 10.2 Å². The van der Waals surface area contributed by atoms with Gasteiger partial charge in [0, 0.05) is 24.6 Å². The van der Waals surface area contributed by atoms with Gasteiger partial charge in [0.15, 0.2) is 0 Å². The highest BCUT2D eigenvalue weighted by molar-refractivity contribution is 7.99. The number of nitrogens with one attached hydrogen (secondary N) is 2. The van der Waals surface area contributed by atoms with Crippen LogP contribution >= 0.6 is 24.0 Å². The predicted octanol–water partition coefficient (Wildman–Crippen LogP) is 2.53. The molecule has 1 spiro atoms. The summed E-state index contributed by atoms with van der Waals surface area (Å²) in [4.78, 5) is 15.2. The molecule has 3 heterocycles. The fraction of sp³-hybridized carbons (Fsp3) is 0.571. The summed E-state index contributed by atoms with van der Waals surface area (Å²) in [7, 11) is 0. The van der Waals surface area contributed by atoms with Gasteiger partial charge in [-0.15, -0.1) is 0 Å². The lowest BCUT2D eigenvalue weighted by atomic mass is 9.90. The average Bonchev–Trinajstić information content (AvgIpc) is 2.87. The van der Waals surface area contributed by atoms with Crippen molar-refractivity contribution in [1.29, 1.82) is 0 Å². The maximum Gasteiger partial charge on any atom is 0.254 e. The summed E-state index contributed by atoms with van der Waals surface area (Å²) in [5.74, 6) is 2.12. The number of thioether (sulfide) groups is 1. The first-order valence-electron chi connectivity index (χ1n) is 6.89. The third kappa shape index (κ3) is 2.92. The molecular weight excluding hydrogens is 292 g/mol. The Labute approximate surface area is 127 Å². The Morgan fingerprint density at radius 1 is 1.60 bits per heavy atom. The maximum absolute atomic E-state index is 12.3. The second-order valence-electron chi connectivity index (χ2n) is 5.41. The molecule has 0 saturated carbocycles. The molecule has 0 bridgehead atoms. The smallest absolute Gasteiger partial charge is 0.254 e. The van der Waals surface area contributed by atoms with Crippen LogP contribution in [0, 0.1) is 4.64 Å². The molecule has 0 radical (unpaired) electrons. The van der Waals surface area contributed by atoms with Crippen LogP contribution in [0.5, 0.6) is 0 Å². The van der Waals surface area contributed by atoms with Crippen molar-refractivity contribution in [2.75, 3.05) is 18.1 Å². The van der Waals surface area contributed by atoms with Crippen LogP contribution in [-0.4, -0.2) is 40.6 Å². The minimum Gasteiger partial charge on any atom is -0.374 e. The highest BCUT2D eigenvalue weighted by atomic mass is 32.2. The van der Waals surface area contributed by atoms with Crippen molar-refractivity contribution in [2.24, 2.45) is 0 Å². The zero-order valence-corrected chi connectivity index (χ0v) is 12.8. The van der Waals surface area contributed by atoms with E-state index in [1.54, 1.807) is 18.3 Å². The summed E-state index contributed by atoms with van der Waals surface area (Å²) >= 11 is 7.09.